The second-order valence-electron chi connectivity index (χ2n) is 5.82. The van der Waals surface area contributed by atoms with Crippen molar-refractivity contribution in [1.29, 1.82) is 0 Å². The van der Waals surface area contributed by atoms with Gasteiger partial charge < -0.3 is 14.5 Å². The molecule has 1 atom stereocenters. The third kappa shape index (κ3) is 2.79. The Bertz CT molecular complexity index is 655. The summed E-state index contributed by atoms with van der Waals surface area (Å²) in [5, 5.41) is 0. The number of likely N-dealkylation sites (tertiary alicyclic amines) is 1. The summed E-state index contributed by atoms with van der Waals surface area (Å²) in [6.07, 6.45) is 2.62. The average Bonchev–Trinajstić information content (AvgIpc) is 3.00. The molecule has 2 heterocycles. The van der Waals surface area contributed by atoms with Crippen molar-refractivity contribution in [2.24, 2.45) is 5.92 Å². The Balaban J connectivity index is 1.80. The van der Waals surface area contributed by atoms with Crippen LogP contribution in [0.1, 0.15) is 19.8 Å². The normalized spacial score (nSPS) is 17.9. The average molecular weight is 293 g/mol. The highest BCUT2D eigenvalue weighted by Crippen LogP contribution is 2.18. The molecule has 0 spiro atoms. The van der Waals surface area contributed by atoms with Crippen LogP contribution in [-0.4, -0.2) is 34.1 Å². The summed E-state index contributed by atoms with van der Waals surface area (Å²) in [5.41, 5.74) is 1.77. The molecule has 20 heavy (non-hydrogen) atoms. The second-order valence-corrected chi connectivity index (χ2v) is 6.20. The number of imidazole rings is 1. The molecule has 1 aliphatic rings. The minimum Gasteiger partial charge on any atom is -0.331 e. The minimum absolute atomic E-state index is 0.215. The zero-order chi connectivity index (χ0) is 14.1. The molecule has 0 saturated carbocycles. The van der Waals surface area contributed by atoms with Gasteiger partial charge in [-0.05, 0) is 62.3 Å². The Morgan fingerprint density at radius 3 is 2.80 bits per heavy atom. The Labute approximate surface area is 123 Å². The zero-order valence-corrected chi connectivity index (χ0v) is 12.5. The van der Waals surface area contributed by atoms with Crippen molar-refractivity contribution in [3.05, 3.63) is 28.8 Å². The predicted molar refractivity (Wildman–Crippen MR) is 81.9 cm³/mol. The lowest BCUT2D eigenvalue weighted by Gasteiger charge is -2.20. The molecule has 0 aliphatic carbocycles. The van der Waals surface area contributed by atoms with Crippen LogP contribution >= 0.6 is 12.2 Å². The van der Waals surface area contributed by atoms with E-state index in [-0.39, 0.29) is 5.82 Å². The Morgan fingerprint density at radius 1 is 1.30 bits per heavy atom. The summed E-state index contributed by atoms with van der Waals surface area (Å²) in [6, 6.07) is 4.78. The van der Waals surface area contributed by atoms with Crippen LogP contribution < -0.4 is 0 Å². The summed E-state index contributed by atoms with van der Waals surface area (Å²) in [7, 11) is 0. The van der Waals surface area contributed by atoms with Gasteiger partial charge in [-0.1, -0.05) is 6.92 Å². The second kappa shape index (κ2) is 5.66. The maximum absolute atomic E-state index is 13.4. The summed E-state index contributed by atoms with van der Waals surface area (Å²) < 4.78 is 16.1. The van der Waals surface area contributed by atoms with Crippen LogP contribution in [0.5, 0.6) is 0 Å². The number of hydrogen-bond donors (Lipinski definition) is 1. The molecule has 5 heteroatoms. The highest BCUT2D eigenvalue weighted by atomic mass is 32.1. The van der Waals surface area contributed by atoms with E-state index in [1.807, 2.05) is 4.57 Å². The van der Waals surface area contributed by atoms with E-state index in [4.69, 9.17) is 12.2 Å². The van der Waals surface area contributed by atoms with Gasteiger partial charge in [0.05, 0.1) is 11.0 Å². The van der Waals surface area contributed by atoms with Crippen LogP contribution in [0.4, 0.5) is 4.39 Å². The first kappa shape index (κ1) is 13.8. The van der Waals surface area contributed by atoms with Gasteiger partial charge in [0.2, 0.25) is 0 Å². The predicted octanol–water partition coefficient (Wildman–Crippen LogP) is 3.57. The number of fused-ring (bicyclic) bond motifs is 1. The first-order chi connectivity index (χ1) is 9.63. The summed E-state index contributed by atoms with van der Waals surface area (Å²) in [4.78, 5) is 5.65. The lowest BCUT2D eigenvalue weighted by atomic mass is 10.1. The molecular formula is C15H20FN3S. The molecule has 1 N–H and O–H groups in total. The van der Waals surface area contributed by atoms with Crippen molar-refractivity contribution >= 4 is 23.3 Å². The fraction of sp³-hybridized carbons (Fsp3) is 0.533. The van der Waals surface area contributed by atoms with Crippen LogP contribution in [0.2, 0.25) is 0 Å². The Morgan fingerprint density at radius 2 is 2.05 bits per heavy atom. The van der Waals surface area contributed by atoms with Gasteiger partial charge in [0, 0.05) is 13.1 Å². The van der Waals surface area contributed by atoms with Gasteiger partial charge in [0.15, 0.2) is 4.77 Å². The molecule has 1 unspecified atom stereocenters. The Kier molecular flexibility index (Phi) is 3.89. The third-order valence-corrected chi connectivity index (χ3v) is 4.32. The lowest BCUT2D eigenvalue weighted by molar-refractivity contribution is 0.272. The molecular weight excluding hydrogens is 273 g/mol. The smallest absolute Gasteiger partial charge is 0.178 e. The summed E-state index contributed by atoms with van der Waals surface area (Å²) >= 11 is 5.37. The first-order valence-corrected chi connectivity index (χ1v) is 7.65. The number of halogens is 1. The van der Waals surface area contributed by atoms with Gasteiger partial charge in [0.1, 0.15) is 5.82 Å². The van der Waals surface area contributed by atoms with Crippen LogP contribution in [0.3, 0.4) is 0 Å². The van der Waals surface area contributed by atoms with Crippen LogP contribution in [0, 0.1) is 16.5 Å². The molecule has 1 aromatic carbocycles. The number of nitrogens with zero attached hydrogens (tertiary/aromatic N) is 2. The monoisotopic (exact) mass is 293 g/mol. The van der Waals surface area contributed by atoms with Crippen molar-refractivity contribution in [3.63, 3.8) is 0 Å². The van der Waals surface area contributed by atoms with E-state index in [0.29, 0.717) is 10.7 Å². The fourth-order valence-electron chi connectivity index (χ4n) is 3.08. The number of hydrogen-bond acceptors (Lipinski definition) is 2. The van der Waals surface area contributed by atoms with Crippen molar-refractivity contribution in [1.82, 2.24) is 14.5 Å². The van der Waals surface area contributed by atoms with E-state index >= 15 is 0 Å². The van der Waals surface area contributed by atoms with Crippen molar-refractivity contribution in [2.75, 3.05) is 19.6 Å². The van der Waals surface area contributed by atoms with Gasteiger partial charge in [-0.3, -0.25) is 0 Å². The zero-order valence-electron chi connectivity index (χ0n) is 11.7. The van der Waals surface area contributed by atoms with E-state index in [1.54, 1.807) is 12.1 Å². The molecule has 1 saturated heterocycles. The molecule has 1 aromatic heterocycles. The van der Waals surface area contributed by atoms with E-state index in [0.717, 1.165) is 24.1 Å². The van der Waals surface area contributed by atoms with Gasteiger partial charge in [-0.2, -0.15) is 0 Å². The van der Waals surface area contributed by atoms with Crippen molar-refractivity contribution < 1.29 is 4.39 Å². The highest BCUT2D eigenvalue weighted by Gasteiger charge is 2.16. The topological polar surface area (TPSA) is 24.0 Å². The number of H-pyrrole nitrogens is 1. The molecule has 0 bridgehead atoms. The molecule has 1 fully saturated rings. The quantitative estimate of drug-likeness (QED) is 0.871. The first-order valence-electron chi connectivity index (χ1n) is 7.24. The SMILES string of the molecule is CC(CN1CCCC1)Cn1c(=S)[nH]c2ccc(F)cc21. The number of nitrogens with one attached hydrogen (secondary N) is 1. The number of aromatic nitrogens is 2. The Hall–Kier alpha value is -1.20. The molecule has 2 aromatic rings. The van der Waals surface area contributed by atoms with Gasteiger partial charge in [-0.15, -0.1) is 0 Å². The maximum Gasteiger partial charge on any atom is 0.178 e. The van der Waals surface area contributed by atoms with E-state index in [2.05, 4.69) is 16.8 Å². The van der Waals surface area contributed by atoms with Gasteiger partial charge in [-0.25, -0.2) is 4.39 Å². The molecule has 1 aliphatic heterocycles. The maximum atomic E-state index is 13.4. The van der Waals surface area contributed by atoms with Gasteiger partial charge >= 0.3 is 0 Å². The number of rotatable bonds is 4. The molecule has 0 amide bonds. The lowest BCUT2D eigenvalue weighted by Crippen LogP contribution is -2.27. The highest BCUT2D eigenvalue weighted by molar-refractivity contribution is 7.71. The van der Waals surface area contributed by atoms with Crippen LogP contribution in [0.25, 0.3) is 11.0 Å². The molecule has 108 valence electrons. The van der Waals surface area contributed by atoms with Crippen LogP contribution in [-0.2, 0) is 6.54 Å². The number of benzene rings is 1. The largest absolute Gasteiger partial charge is 0.331 e. The number of aromatic amines is 1. The minimum atomic E-state index is -0.215. The van der Waals surface area contributed by atoms with Crippen LogP contribution in [0.15, 0.2) is 18.2 Å². The molecule has 0 radical (unpaired) electrons. The van der Waals surface area contributed by atoms with Gasteiger partial charge in [0.25, 0.3) is 0 Å². The third-order valence-electron chi connectivity index (χ3n) is 4.00. The van der Waals surface area contributed by atoms with E-state index < -0.39 is 0 Å². The molecule has 3 nitrogen and oxygen atoms in total. The standard InChI is InChI=1S/C15H20FN3S/c1-11(9-18-6-2-3-7-18)10-19-14-8-12(16)4-5-13(14)17-15(19)20/h4-5,8,11H,2-3,6-7,9-10H2,1H3,(H,17,20). The summed E-state index contributed by atoms with van der Waals surface area (Å²) in [6.45, 7) is 6.57. The van der Waals surface area contributed by atoms with E-state index in [9.17, 15) is 4.39 Å². The summed E-state index contributed by atoms with van der Waals surface area (Å²) in [5.74, 6) is 0.287. The van der Waals surface area contributed by atoms with Crippen molar-refractivity contribution in [2.45, 2.75) is 26.3 Å². The van der Waals surface area contributed by atoms with E-state index in [1.165, 1.54) is 32.0 Å². The fourth-order valence-corrected chi connectivity index (χ4v) is 3.37. The van der Waals surface area contributed by atoms with Crippen molar-refractivity contribution in [3.8, 4) is 0 Å². The molecule has 3 rings (SSSR count).